The van der Waals surface area contributed by atoms with Gasteiger partial charge >= 0.3 is 0 Å². The van der Waals surface area contributed by atoms with Crippen LogP contribution in [0.1, 0.15) is 19.0 Å². The smallest absolute Gasteiger partial charge is 0.181 e. The third kappa shape index (κ3) is 3.13. The van der Waals surface area contributed by atoms with Gasteiger partial charge in [-0.1, -0.05) is 18.5 Å². The lowest BCUT2D eigenvalue weighted by Crippen LogP contribution is -2.14. The number of aromatic nitrogens is 1. The van der Waals surface area contributed by atoms with Crippen LogP contribution in [0.15, 0.2) is 33.5 Å². The zero-order valence-corrected chi connectivity index (χ0v) is 12.4. The summed E-state index contributed by atoms with van der Waals surface area (Å²) in [5.41, 5.74) is 1.88. The average molecular weight is 330 g/mol. The fraction of sp³-hybridized carbons (Fsp3) is 0.308. The minimum absolute atomic E-state index is 0.684. The number of nitrogens with one attached hydrogen (secondary N) is 1. The van der Waals surface area contributed by atoms with Gasteiger partial charge in [0.05, 0.1) is 5.02 Å². The monoisotopic (exact) mass is 328 g/mol. The average Bonchev–Trinajstić information content (AvgIpc) is 2.81. The lowest BCUT2D eigenvalue weighted by Gasteiger charge is -2.04. The zero-order chi connectivity index (χ0) is 13.0. The van der Waals surface area contributed by atoms with Gasteiger partial charge in [0.25, 0.3) is 0 Å². The summed E-state index contributed by atoms with van der Waals surface area (Å²) in [4.78, 5) is 4.24. The molecule has 0 bridgehead atoms. The molecule has 0 atom stereocenters. The van der Waals surface area contributed by atoms with Gasteiger partial charge in [-0.05, 0) is 47.1 Å². The normalized spacial score (nSPS) is 10.8. The Morgan fingerprint density at radius 1 is 1.44 bits per heavy atom. The second-order valence-electron chi connectivity index (χ2n) is 3.93. The minimum atomic E-state index is 0.684. The van der Waals surface area contributed by atoms with Gasteiger partial charge in [-0.3, -0.25) is 0 Å². The first-order chi connectivity index (χ1) is 8.72. The van der Waals surface area contributed by atoms with Crippen LogP contribution >= 0.6 is 27.5 Å². The number of oxazole rings is 1. The molecule has 0 saturated heterocycles. The second kappa shape index (κ2) is 6.36. The molecule has 2 rings (SSSR count). The molecule has 5 heteroatoms. The Kier molecular flexibility index (Phi) is 4.80. The van der Waals surface area contributed by atoms with Gasteiger partial charge in [-0.2, -0.15) is 0 Å². The third-order valence-electron chi connectivity index (χ3n) is 2.54. The fourth-order valence-electron chi connectivity index (χ4n) is 1.65. The molecule has 2 aromatic rings. The Bertz CT molecular complexity index is 527. The van der Waals surface area contributed by atoms with E-state index in [1.54, 1.807) is 0 Å². The molecule has 0 radical (unpaired) electrons. The molecule has 0 aliphatic rings. The maximum Gasteiger partial charge on any atom is 0.181 e. The molecule has 0 unspecified atom stereocenters. The van der Waals surface area contributed by atoms with Gasteiger partial charge in [0.15, 0.2) is 12.2 Å². The third-order valence-corrected chi connectivity index (χ3v) is 3.76. The molecule has 3 nitrogen and oxygen atoms in total. The summed E-state index contributed by atoms with van der Waals surface area (Å²) in [5.74, 6) is 0.788. The SMILES string of the molecule is CCCNCc1ncoc1-c1ccc(Cl)c(Br)c1. The fourth-order valence-corrected chi connectivity index (χ4v) is 2.15. The van der Waals surface area contributed by atoms with E-state index in [1.807, 2.05) is 18.2 Å². The van der Waals surface area contributed by atoms with E-state index in [0.717, 1.165) is 34.5 Å². The van der Waals surface area contributed by atoms with Crippen molar-refractivity contribution >= 4 is 27.5 Å². The Morgan fingerprint density at radius 2 is 2.28 bits per heavy atom. The van der Waals surface area contributed by atoms with Crippen LogP contribution in [-0.2, 0) is 6.54 Å². The number of nitrogens with zero attached hydrogens (tertiary/aromatic N) is 1. The van der Waals surface area contributed by atoms with E-state index in [-0.39, 0.29) is 0 Å². The topological polar surface area (TPSA) is 38.1 Å². The van der Waals surface area contributed by atoms with Crippen molar-refractivity contribution in [1.82, 2.24) is 10.3 Å². The second-order valence-corrected chi connectivity index (χ2v) is 5.20. The van der Waals surface area contributed by atoms with Crippen LogP contribution < -0.4 is 5.32 Å². The van der Waals surface area contributed by atoms with Gasteiger partial charge in [0.1, 0.15) is 5.69 Å². The van der Waals surface area contributed by atoms with Gasteiger partial charge in [0, 0.05) is 16.6 Å². The van der Waals surface area contributed by atoms with E-state index in [2.05, 4.69) is 33.2 Å². The first-order valence-electron chi connectivity index (χ1n) is 5.81. The summed E-state index contributed by atoms with van der Waals surface area (Å²) in [6.45, 7) is 3.81. The van der Waals surface area contributed by atoms with Crippen LogP contribution in [0.25, 0.3) is 11.3 Å². The quantitative estimate of drug-likeness (QED) is 0.833. The molecule has 0 fully saturated rings. The number of rotatable bonds is 5. The van der Waals surface area contributed by atoms with E-state index < -0.39 is 0 Å². The Hall–Kier alpha value is -0.840. The molecule has 0 aliphatic carbocycles. The van der Waals surface area contributed by atoms with E-state index in [4.69, 9.17) is 16.0 Å². The molecule has 0 spiro atoms. The molecular formula is C13H14BrClN2O. The van der Waals surface area contributed by atoms with Crippen molar-refractivity contribution in [1.29, 1.82) is 0 Å². The van der Waals surface area contributed by atoms with Crippen LogP contribution in [-0.4, -0.2) is 11.5 Å². The van der Waals surface area contributed by atoms with Gasteiger partial charge < -0.3 is 9.73 Å². The lowest BCUT2D eigenvalue weighted by molar-refractivity contribution is 0.569. The van der Waals surface area contributed by atoms with Crippen molar-refractivity contribution in [2.24, 2.45) is 0 Å². The van der Waals surface area contributed by atoms with Gasteiger partial charge in [-0.25, -0.2) is 4.98 Å². The predicted octanol–water partition coefficient (Wildman–Crippen LogP) is 4.26. The van der Waals surface area contributed by atoms with Crippen molar-refractivity contribution in [2.75, 3.05) is 6.54 Å². The summed E-state index contributed by atoms with van der Waals surface area (Å²) < 4.78 is 6.31. The summed E-state index contributed by atoms with van der Waals surface area (Å²) >= 11 is 9.39. The van der Waals surface area contributed by atoms with Crippen LogP contribution in [0.4, 0.5) is 0 Å². The zero-order valence-electron chi connectivity index (χ0n) is 10.0. The lowest BCUT2D eigenvalue weighted by atomic mass is 10.1. The molecule has 1 N–H and O–H groups in total. The predicted molar refractivity (Wildman–Crippen MR) is 76.6 cm³/mol. The summed E-state index contributed by atoms with van der Waals surface area (Å²) in [7, 11) is 0. The van der Waals surface area contributed by atoms with Crippen LogP contribution in [0.2, 0.25) is 5.02 Å². The maximum atomic E-state index is 5.98. The molecule has 1 aromatic carbocycles. The number of hydrogen-bond acceptors (Lipinski definition) is 3. The summed E-state index contributed by atoms with van der Waals surface area (Å²) in [6.07, 6.45) is 2.57. The minimum Gasteiger partial charge on any atom is -0.443 e. The first kappa shape index (κ1) is 13.6. The van der Waals surface area contributed by atoms with Crippen LogP contribution in [0.3, 0.4) is 0 Å². The number of hydrogen-bond donors (Lipinski definition) is 1. The molecule has 1 aromatic heterocycles. The molecule has 0 aliphatic heterocycles. The number of halogens is 2. The Balaban J connectivity index is 2.22. The van der Waals surface area contributed by atoms with Crippen molar-refractivity contribution < 1.29 is 4.42 Å². The van der Waals surface area contributed by atoms with Crippen LogP contribution in [0, 0.1) is 0 Å². The molecule has 18 heavy (non-hydrogen) atoms. The highest BCUT2D eigenvalue weighted by molar-refractivity contribution is 9.10. The Labute approximate surface area is 120 Å². The molecular weight excluding hydrogens is 316 g/mol. The highest BCUT2D eigenvalue weighted by atomic mass is 79.9. The van der Waals surface area contributed by atoms with Crippen molar-refractivity contribution in [2.45, 2.75) is 19.9 Å². The van der Waals surface area contributed by atoms with Crippen molar-refractivity contribution in [3.05, 3.63) is 39.8 Å². The molecule has 1 heterocycles. The standard InChI is InChI=1S/C13H14BrClN2O/c1-2-5-16-7-12-13(18-8-17-12)9-3-4-11(15)10(14)6-9/h3-4,6,8,16H,2,5,7H2,1H3. The van der Waals surface area contributed by atoms with Crippen molar-refractivity contribution in [3.8, 4) is 11.3 Å². The van der Waals surface area contributed by atoms with E-state index >= 15 is 0 Å². The molecule has 0 saturated carbocycles. The van der Waals surface area contributed by atoms with Gasteiger partial charge in [0.2, 0.25) is 0 Å². The van der Waals surface area contributed by atoms with E-state index in [1.165, 1.54) is 6.39 Å². The first-order valence-corrected chi connectivity index (χ1v) is 6.98. The number of benzene rings is 1. The van der Waals surface area contributed by atoms with Gasteiger partial charge in [-0.15, -0.1) is 0 Å². The van der Waals surface area contributed by atoms with Crippen LogP contribution in [0.5, 0.6) is 0 Å². The summed E-state index contributed by atoms with van der Waals surface area (Å²) in [5, 5.41) is 4.00. The van der Waals surface area contributed by atoms with Crippen molar-refractivity contribution in [3.63, 3.8) is 0 Å². The maximum absolute atomic E-state index is 5.98. The molecule has 0 amide bonds. The van der Waals surface area contributed by atoms with E-state index in [9.17, 15) is 0 Å². The summed E-state index contributed by atoms with van der Waals surface area (Å²) in [6, 6.07) is 5.70. The highest BCUT2D eigenvalue weighted by Gasteiger charge is 2.11. The van der Waals surface area contributed by atoms with E-state index in [0.29, 0.717) is 11.6 Å². The highest BCUT2D eigenvalue weighted by Crippen LogP contribution is 2.30. The largest absolute Gasteiger partial charge is 0.443 e. The molecule has 96 valence electrons. The Morgan fingerprint density at radius 3 is 3.00 bits per heavy atom.